The molecule has 0 spiro atoms. The van der Waals surface area contributed by atoms with Crippen molar-refractivity contribution < 1.29 is 19.1 Å². The first-order chi connectivity index (χ1) is 6.46. The van der Waals surface area contributed by atoms with E-state index in [1.165, 1.54) is 0 Å². The zero-order valence-corrected chi connectivity index (χ0v) is 10.1. The molecule has 0 aliphatic rings. The van der Waals surface area contributed by atoms with Gasteiger partial charge in [0.05, 0.1) is 5.41 Å². The van der Waals surface area contributed by atoms with Crippen LogP contribution in [0.15, 0.2) is 0 Å². The minimum atomic E-state index is -1.08. The molecule has 0 aromatic rings. The number of hydrogen-bond acceptors (Lipinski definition) is 4. The van der Waals surface area contributed by atoms with E-state index in [1.54, 1.807) is 41.5 Å². The molecule has 0 rings (SSSR count). The van der Waals surface area contributed by atoms with Crippen LogP contribution in [-0.4, -0.2) is 47.3 Å². The van der Waals surface area contributed by atoms with E-state index >= 15 is 0 Å². The van der Waals surface area contributed by atoms with Crippen LogP contribution in [0.3, 0.4) is 0 Å². The maximum absolute atomic E-state index is 11.4. The topological polar surface area (TPSA) is 60.4 Å². The van der Waals surface area contributed by atoms with Crippen molar-refractivity contribution >= 4 is 47.3 Å². The fraction of sp³-hybridized carbons (Fsp3) is 0.727. The number of carbonyl (C=O) groups is 3. The van der Waals surface area contributed by atoms with Crippen LogP contribution in [0.4, 0.5) is 0 Å². The molecule has 0 N–H and O–H groups in total. The van der Waals surface area contributed by atoms with Crippen LogP contribution < -0.4 is 0 Å². The number of ether oxygens (including phenoxy) is 1. The monoisotopic (exact) mass is 238 g/mol. The van der Waals surface area contributed by atoms with Gasteiger partial charge in [-0.1, -0.05) is 20.8 Å². The van der Waals surface area contributed by atoms with Crippen LogP contribution in [0.5, 0.6) is 0 Å². The van der Waals surface area contributed by atoms with Crippen molar-refractivity contribution in [3.63, 3.8) is 0 Å². The first-order valence-corrected chi connectivity index (χ1v) is 4.77. The maximum atomic E-state index is 11.4. The van der Waals surface area contributed by atoms with Crippen molar-refractivity contribution in [2.24, 2.45) is 10.8 Å². The molecule has 0 aliphatic heterocycles. The third-order valence-corrected chi connectivity index (χ3v) is 1.66. The standard InChI is InChI=1S/C11H18O4.Na.H/c1-10(2,3)7(12)8(13)15-9(14)11(4,5)6;;/h1-6H3;;. The van der Waals surface area contributed by atoms with Crippen molar-refractivity contribution in [2.75, 3.05) is 0 Å². The van der Waals surface area contributed by atoms with Crippen LogP contribution in [0.1, 0.15) is 41.5 Å². The summed E-state index contributed by atoms with van der Waals surface area (Å²) in [5.74, 6) is -2.47. The molecule has 0 bridgehead atoms. The van der Waals surface area contributed by atoms with Gasteiger partial charge >= 0.3 is 41.5 Å². The van der Waals surface area contributed by atoms with Gasteiger partial charge in [-0.3, -0.25) is 9.59 Å². The summed E-state index contributed by atoms with van der Waals surface area (Å²) >= 11 is 0. The average molecular weight is 238 g/mol. The van der Waals surface area contributed by atoms with E-state index in [4.69, 9.17) is 0 Å². The number of hydrogen-bond donors (Lipinski definition) is 0. The molecule has 88 valence electrons. The molecule has 5 heteroatoms. The van der Waals surface area contributed by atoms with Crippen molar-refractivity contribution in [3.05, 3.63) is 0 Å². The van der Waals surface area contributed by atoms with Gasteiger partial charge in [0.2, 0.25) is 5.78 Å². The first-order valence-electron chi connectivity index (χ1n) is 4.77. The van der Waals surface area contributed by atoms with Gasteiger partial charge in [0.25, 0.3) is 0 Å². The second-order valence-corrected chi connectivity index (χ2v) is 5.51. The van der Waals surface area contributed by atoms with Crippen molar-refractivity contribution in [2.45, 2.75) is 41.5 Å². The van der Waals surface area contributed by atoms with Gasteiger partial charge in [0.1, 0.15) is 0 Å². The summed E-state index contributed by atoms with van der Waals surface area (Å²) in [5, 5.41) is 0. The fourth-order valence-electron chi connectivity index (χ4n) is 0.590. The molecule has 0 saturated heterocycles. The minimum absolute atomic E-state index is 0. The Morgan fingerprint density at radius 2 is 1.19 bits per heavy atom. The Morgan fingerprint density at radius 1 is 0.812 bits per heavy atom. The molecular formula is C11H19NaO4. The van der Waals surface area contributed by atoms with E-state index in [-0.39, 0.29) is 29.6 Å². The summed E-state index contributed by atoms with van der Waals surface area (Å²) in [5.41, 5.74) is -1.61. The van der Waals surface area contributed by atoms with Crippen LogP contribution in [0.25, 0.3) is 0 Å². The Kier molecular flexibility index (Phi) is 6.75. The Balaban J connectivity index is 0. The van der Waals surface area contributed by atoms with Gasteiger partial charge < -0.3 is 4.74 Å². The van der Waals surface area contributed by atoms with Crippen LogP contribution in [0.2, 0.25) is 0 Å². The molecule has 0 aliphatic carbocycles. The Morgan fingerprint density at radius 3 is 1.44 bits per heavy atom. The first kappa shape index (κ1) is 18.2. The number of esters is 2. The molecule has 4 nitrogen and oxygen atoms in total. The zero-order chi connectivity index (χ0) is 12.4. The molecule has 0 radical (unpaired) electrons. The molecule has 0 aromatic heterocycles. The van der Waals surface area contributed by atoms with Gasteiger partial charge in [0, 0.05) is 5.41 Å². The summed E-state index contributed by atoms with van der Waals surface area (Å²) in [4.78, 5) is 34.0. The van der Waals surface area contributed by atoms with Gasteiger partial charge in [0.15, 0.2) is 0 Å². The van der Waals surface area contributed by atoms with E-state index in [9.17, 15) is 14.4 Å². The fourth-order valence-corrected chi connectivity index (χ4v) is 0.590. The molecule has 0 heterocycles. The second kappa shape index (κ2) is 5.94. The Labute approximate surface area is 118 Å². The predicted molar refractivity (Wildman–Crippen MR) is 62.2 cm³/mol. The van der Waals surface area contributed by atoms with Crippen LogP contribution in [-0.2, 0) is 19.1 Å². The van der Waals surface area contributed by atoms with E-state index < -0.39 is 28.6 Å². The molecule has 0 saturated carbocycles. The van der Waals surface area contributed by atoms with Crippen molar-refractivity contribution in [1.29, 1.82) is 0 Å². The number of carbonyl (C=O) groups excluding carboxylic acids is 3. The normalized spacial score (nSPS) is 11.4. The summed E-state index contributed by atoms with van der Waals surface area (Å²) < 4.78 is 4.48. The second-order valence-electron chi connectivity index (χ2n) is 5.51. The molecular weight excluding hydrogens is 219 g/mol. The third-order valence-electron chi connectivity index (χ3n) is 1.66. The van der Waals surface area contributed by atoms with Crippen molar-refractivity contribution in [1.82, 2.24) is 0 Å². The van der Waals surface area contributed by atoms with Crippen molar-refractivity contribution in [3.8, 4) is 0 Å². The van der Waals surface area contributed by atoms with Crippen LogP contribution in [0, 0.1) is 10.8 Å². The summed E-state index contributed by atoms with van der Waals surface area (Å²) in [7, 11) is 0. The molecule has 0 fully saturated rings. The molecule has 16 heavy (non-hydrogen) atoms. The summed E-state index contributed by atoms with van der Waals surface area (Å²) in [6, 6.07) is 0. The van der Waals surface area contributed by atoms with Gasteiger partial charge in [-0.15, -0.1) is 0 Å². The Hall–Kier alpha value is -0.190. The van der Waals surface area contributed by atoms with Gasteiger partial charge in [-0.2, -0.15) is 0 Å². The van der Waals surface area contributed by atoms with Gasteiger partial charge in [-0.05, 0) is 20.8 Å². The molecule has 0 atom stereocenters. The number of ketones is 1. The molecule has 0 unspecified atom stereocenters. The summed E-state index contributed by atoms with van der Waals surface area (Å²) in [6.45, 7) is 9.63. The van der Waals surface area contributed by atoms with E-state index in [1.807, 2.05) is 0 Å². The quantitative estimate of drug-likeness (QED) is 0.297. The third kappa shape index (κ3) is 5.77. The predicted octanol–water partition coefficient (Wildman–Crippen LogP) is 1.07. The molecule has 0 aromatic carbocycles. The van der Waals surface area contributed by atoms with E-state index in [2.05, 4.69) is 4.74 Å². The van der Waals surface area contributed by atoms with Crippen LogP contribution >= 0.6 is 0 Å². The van der Waals surface area contributed by atoms with Gasteiger partial charge in [-0.25, -0.2) is 4.79 Å². The SMILES string of the molecule is CC(C)(C)C(=O)OC(=O)C(=O)C(C)(C)C.[NaH]. The average Bonchev–Trinajstić information content (AvgIpc) is 1.99. The molecule has 0 amide bonds. The van der Waals surface area contributed by atoms with E-state index in [0.29, 0.717) is 0 Å². The van der Waals surface area contributed by atoms with E-state index in [0.717, 1.165) is 0 Å². The Bertz CT molecular complexity index is 294. The number of Topliss-reactive ketones (excluding diaryl/α,β-unsaturated/α-hetero) is 1. The summed E-state index contributed by atoms with van der Waals surface area (Å²) in [6.07, 6.45) is 0. The number of rotatable bonds is 1. The zero-order valence-electron chi connectivity index (χ0n) is 10.1.